The molecule has 0 heterocycles. The Morgan fingerprint density at radius 3 is 2.37 bits per heavy atom. The van der Waals surface area contributed by atoms with E-state index in [0.717, 1.165) is 18.4 Å². The number of rotatable bonds is 8. The first-order valence-corrected chi connectivity index (χ1v) is 9.31. The number of nitrogens with one attached hydrogen (secondary N) is 1. The Hall–Kier alpha value is -2.82. The highest BCUT2D eigenvalue weighted by molar-refractivity contribution is 5.85. The fraction of sp³-hybridized carbons (Fsp3) is 0.364. The standard InChI is InChI=1S/C22H25NO4/c1-15(2)18-10-6-7-11-19(18)26-14-20(24)27-21(16-8-4-3-5-9-16)22(25)23-17-12-13-17/h3-11,15,17,21H,12-14H2,1-2H3,(H,23,25)/t21-/m1/s1. The summed E-state index contributed by atoms with van der Waals surface area (Å²) in [5.74, 6) is 0.0646. The molecule has 0 unspecified atom stereocenters. The maximum atomic E-state index is 12.5. The maximum Gasteiger partial charge on any atom is 0.345 e. The molecule has 2 aromatic rings. The van der Waals surface area contributed by atoms with Gasteiger partial charge in [-0.3, -0.25) is 4.79 Å². The van der Waals surface area contributed by atoms with Crippen molar-refractivity contribution in [3.63, 3.8) is 0 Å². The van der Waals surface area contributed by atoms with E-state index in [2.05, 4.69) is 19.2 Å². The summed E-state index contributed by atoms with van der Waals surface area (Å²) in [5.41, 5.74) is 1.67. The minimum atomic E-state index is -0.969. The van der Waals surface area contributed by atoms with Gasteiger partial charge in [0.2, 0.25) is 6.10 Å². The predicted octanol–water partition coefficient (Wildman–Crippen LogP) is 3.75. The lowest BCUT2D eigenvalue weighted by Crippen LogP contribution is -2.34. The summed E-state index contributed by atoms with van der Waals surface area (Å²) in [5, 5.41) is 2.90. The van der Waals surface area contributed by atoms with E-state index in [4.69, 9.17) is 9.47 Å². The Kier molecular flexibility index (Phi) is 6.12. The van der Waals surface area contributed by atoms with Gasteiger partial charge in [0.1, 0.15) is 5.75 Å². The molecule has 27 heavy (non-hydrogen) atoms. The molecule has 1 aliphatic rings. The van der Waals surface area contributed by atoms with Crippen molar-refractivity contribution in [3.05, 3.63) is 65.7 Å². The number of hydrogen-bond donors (Lipinski definition) is 1. The molecule has 2 aromatic carbocycles. The van der Waals surface area contributed by atoms with Crippen molar-refractivity contribution >= 4 is 11.9 Å². The van der Waals surface area contributed by atoms with Gasteiger partial charge in [-0.1, -0.05) is 62.4 Å². The maximum absolute atomic E-state index is 12.5. The highest BCUT2D eigenvalue weighted by atomic mass is 16.6. The second-order valence-corrected chi connectivity index (χ2v) is 7.04. The molecule has 3 rings (SSSR count). The fourth-order valence-electron chi connectivity index (χ4n) is 2.80. The highest BCUT2D eigenvalue weighted by Gasteiger charge is 2.30. The van der Waals surface area contributed by atoms with Crippen molar-refractivity contribution in [2.75, 3.05) is 6.61 Å². The van der Waals surface area contributed by atoms with Crippen molar-refractivity contribution in [1.29, 1.82) is 0 Å². The molecule has 1 saturated carbocycles. The second kappa shape index (κ2) is 8.71. The minimum absolute atomic E-state index is 0.191. The van der Waals surface area contributed by atoms with E-state index in [0.29, 0.717) is 11.3 Å². The molecule has 142 valence electrons. The van der Waals surface area contributed by atoms with Gasteiger partial charge in [-0.15, -0.1) is 0 Å². The van der Waals surface area contributed by atoms with Crippen molar-refractivity contribution in [1.82, 2.24) is 5.32 Å². The first-order valence-electron chi connectivity index (χ1n) is 9.31. The van der Waals surface area contributed by atoms with Crippen molar-refractivity contribution in [2.24, 2.45) is 0 Å². The van der Waals surface area contributed by atoms with Crippen molar-refractivity contribution in [3.8, 4) is 5.75 Å². The summed E-state index contributed by atoms with van der Waals surface area (Å²) in [6.45, 7) is 3.88. The monoisotopic (exact) mass is 367 g/mol. The lowest BCUT2D eigenvalue weighted by Gasteiger charge is -2.19. The summed E-state index contributed by atoms with van der Waals surface area (Å²) in [6.07, 6.45) is 0.968. The van der Waals surface area contributed by atoms with E-state index >= 15 is 0 Å². The second-order valence-electron chi connectivity index (χ2n) is 7.04. The van der Waals surface area contributed by atoms with Crippen LogP contribution in [0.5, 0.6) is 5.75 Å². The molecule has 1 atom stereocenters. The molecule has 0 radical (unpaired) electrons. The van der Waals surface area contributed by atoms with Crippen LogP contribution in [-0.4, -0.2) is 24.5 Å². The van der Waals surface area contributed by atoms with E-state index in [1.807, 2.05) is 42.5 Å². The van der Waals surface area contributed by atoms with Crippen molar-refractivity contribution in [2.45, 2.75) is 44.8 Å². The molecule has 1 amide bonds. The van der Waals surface area contributed by atoms with Gasteiger partial charge in [0.15, 0.2) is 6.61 Å². The van der Waals surface area contributed by atoms with E-state index in [9.17, 15) is 9.59 Å². The molecule has 0 aliphatic heterocycles. The quantitative estimate of drug-likeness (QED) is 0.722. The predicted molar refractivity (Wildman–Crippen MR) is 102 cm³/mol. The summed E-state index contributed by atoms with van der Waals surface area (Å²) < 4.78 is 11.1. The molecular formula is C22H25NO4. The van der Waals surface area contributed by atoms with E-state index in [-0.39, 0.29) is 24.5 Å². The van der Waals surface area contributed by atoms with Crippen LogP contribution in [0.15, 0.2) is 54.6 Å². The molecule has 5 heteroatoms. The Labute approximate surface area is 159 Å². The molecular weight excluding hydrogens is 342 g/mol. The molecule has 0 bridgehead atoms. The van der Waals surface area contributed by atoms with Gasteiger partial charge < -0.3 is 14.8 Å². The average Bonchev–Trinajstić information content (AvgIpc) is 3.49. The molecule has 5 nitrogen and oxygen atoms in total. The van der Waals surface area contributed by atoms with Crippen LogP contribution in [0.25, 0.3) is 0 Å². The van der Waals surface area contributed by atoms with Gasteiger partial charge in [-0.2, -0.15) is 0 Å². The number of carbonyl (C=O) groups is 2. The summed E-state index contributed by atoms with van der Waals surface area (Å²) in [6, 6.07) is 16.8. The Balaban J connectivity index is 1.65. The number of esters is 1. The van der Waals surface area contributed by atoms with Crippen LogP contribution in [0.3, 0.4) is 0 Å². The fourth-order valence-corrected chi connectivity index (χ4v) is 2.80. The third-order valence-corrected chi connectivity index (χ3v) is 4.40. The minimum Gasteiger partial charge on any atom is -0.482 e. The molecule has 1 N–H and O–H groups in total. The van der Waals surface area contributed by atoms with Crippen LogP contribution < -0.4 is 10.1 Å². The zero-order chi connectivity index (χ0) is 19.2. The van der Waals surface area contributed by atoms with Gasteiger partial charge in [-0.05, 0) is 30.4 Å². The molecule has 0 spiro atoms. The van der Waals surface area contributed by atoms with Gasteiger partial charge in [-0.25, -0.2) is 4.79 Å². The lowest BCUT2D eigenvalue weighted by atomic mass is 10.0. The van der Waals surface area contributed by atoms with E-state index < -0.39 is 12.1 Å². The van der Waals surface area contributed by atoms with Gasteiger partial charge in [0.05, 0.1) is 0 Å². The first-order chi connectivity index (χ1) is 13.0. The molecule has 1 aliphatic carbocycles. The van der Waals surface area contributed by atoms with Crippen LogP contribution in [0, 0.1) is 0 Å². The zero-order valence-corrected chi connectivity index (χ0v) is 15.7. The van der Waals surface area contributed by atoms with Crippen LogP contribution in [0.2, 0.25) is 0 Å². The van der Waals surface area contributed by atoms with E-state index in [1.54, 1.807) is 12.1 Å². The van der Waals surface area contributed by atoms with Crippen LogP contribution in [0.4, 0.5) is 0 Å². The highest BCUT2D eigenvalue weighted by Crippen LogP contribution is 2.26. The normalized spacial score (nSPS) is 14.5. The number of benzene rings is 2. The number of ether oxygens (including phenoxy) is 2. The van der Waals surface area contributed by atoms with Crippen LogP contribution >= 0.6 is 0 Å². The smallest absolute Gasteiger partial charge is 0.345 e. The van der Waals surface area contributed by atoms with Crippen LogP contribution in [-0.2, 0) is 14.3 Å². The van der Waals surface area contributed by atoms with Crippen molar-refractivity contribution < 1.29 is 19.1 Å². The summed E-state index contributed by atoms with van der Waals surface area (Å²) in [4.78, 5) is 24.9. The van der Waals surface area contributed by atoms with Gasteiger partial charge >= 0.3 is 5.97 Å². The first kappa shape index (κ1) is 19.0. The molecule has 0 aromatic heterocycles. The third-order valence-electron chi connectivity index (χ3n) is 4.40. The molecule has 0 saturated heterocycles. The Bertz CT molecular complexity index is 784. The number of hydrogen-bond acceptors (Lipinski definition) is 4. The van der Waals surface area contributed by atoms with E-state index in [1.165, 1.54) is 0 Å². The summed E-state index contributed by atoms with van der Waals surface area (Å²) >= 11 is 0. The number of carbonyl (C=O) groups excluding carboxylic acids is 2. The van der Waals surface area contributed by atoms with Crippen LogP contribution in [0.1, 0.15) is 49.8 Å². The SMILES string of the molecule is CC(C)c1ccccc1OCC(=O)O[C@@H](C(=O)NC1CC1)c1ccccc1. The number of para-hydroxylation sites is 1. The zero-order valence-electron chi connectivity index (χ0n) is 15.7. The van der Waals surface area contributed by atoms with Gasteiger partial charge in [0, 0.05) is 11.6 Å². The lowest BCUT2D eigenvalue weighted by molar-refractivity contribution is -0.158. The average molecular weight is 367 g/mol. The Morgan fingerprint density at radius 1 is 1.04 bits per heavy atom. The summed E-state index contributed by atoms with van der Waals surface area (Å²) in [7, 11) is 0. The largest absolute Gasteiger partial charge is 0.482 e. The third kappa shape index (κ3) is 5.33. The number of amides is 1. The molecule has 1 fully saturated rings. The topological polar surface area (TPSA) is 64.6 Å². The Morgan fingerprint density at radius 2 is 1.70 bits per heavy atom. The van der Waals surface area contributed by atoms with Gasteiger partial charge in [0.25, 0.3) is 5.91 Å².